The monoisotopic (exact) mass is 258 g/mol. The topological polar surface area (TPSA) is 35.5 Å². The van der Waals surface area contributed by atoms with Crippen LogP contribution in [-0.2, 0) is 16.0 Å². The maximum Gasteiger partial charge on any atom is 0.305 e. The van der Waals surface area contributed by atoms with Gasteiger partial charge in [-0.3, -0.25) is 4.79 Å². The van der Waals surface area contributed by atoms with Gasteiger partial charge in [0, 0.05) is 11.8 Å². The summed E-state index contributed by atoms with van der Waals surface area (Å²) >= 11 is 0. The zero-order chi connectivity index (χ0) is 13.7. The molecule has 3 heteroatoms. The van der Waals surface area contributed by atoms with Crippen LogP contribution < -0.4 is 4.74 Å². The molecule has 0 spiro atoms. The van der Waals surface area contributed by atoms with Crippen LogP contribution in [0.15, 0.2) is 36.4 Å². The highest BCUT2D eigenvalue weighted by Crippen LogP contribution is 2.28. The highest BCUT2D eigenvalue weighted by atomic mass is 16.5. The van der Waals surface area contributed by atoms with Crippen molar-refractivity contribution in [2.24, 2.45) is 0 Å². The quantitative estimate of drug-likeness (QED) is 0.771. The number of carbonyl (C=O) groups excluding carboxylic acids is 1. The molecule has 0 bridgehead atoms. The summed E-state index contributed by atoms with van der Waals surface area (Å²) in [5, 5.41) is 2.30. The van der Waals surface area contributed by atoms with E-state index in [0.29, 0.717) is 6.42 Å². The second-order valence-corrected chi connectivity index (χ2v) is 4.40. The van der Waals surface area contributed by atoms with Crippen molar-refractivity contribution in [3.05, 3.63) is 42.0 Å². The second kappa shape index (κ2) is 6.23. The lowest BCUT2D eigenvalue weighted by molar-refractivity contribution is -0.140. The van der Waals surface area contributed by atoms with Gasteiger partial charge in [-0.15, -0.1) is 0 Å². The molecule has 2 aromatic rings. The van der Waals surface area contributed by atoms with Crippen molar-refractivity contribution in [3.63, 3.8) is 0 Å². The van der Waals surface area contributed by atoms with Crippen molar-refractivity contribution in [1.82, 2.24) is 0 Å². The van der Waals surface area contributed by atoms with Gasteiger partial charge in [0.2, 0.25) is 0 Å². The number of hydrogen-bond acceptors (Lipinski definition) is 3. The van der Waals surface area contributed by atoms with Gasteiger partial charge in [-0.1, -0.05) is 30.3 Å². The van der Waals surface area contributed by atoms with Crippen molar-refractivity contribution in [2.45, 2.75) is 19.3 Å². The summed E-state index contributed by atoms with van der Waals surface area (Å²) in [4.78, 5) is 11.1. The lowest BCUT2D eigenvalue weighted by atomic mass is 9.99. The smallest absolute Gasteiger partial charge is 0.305 e. The number of benzene rings is 2. The number of rotatable bonds is 5. The second-order valence-electron chi connectivity index (χ2n) is 4.40. The van der Waals surface area contributed by atoms with Crippen molar-refractivity contribution in [3.8, 4) is 5.75 Å². The molecule has 0 amide bonds. The first kappa shape index (κ1) is 13.4. The molecule has 0 radical (unpaired) electrons. The molecule has 2 aromatic carbocycles. The molecule has 100 valence electrons. The molecule has 3 nitrogen and oxygen atoms in total. The van der Waals surface area contributed by atoms with Crippen LogP contribution >= 0.6 is 0 Å². The number of aryl methyl sites for hydroxylation is 1. The zero-order valence-corrected chi connectivity index (χ0v) is 11.3. The van der Waals surface area contributed by atoms with Crippen LogP contribution in [-0.4, -0.2) is 20.2 Å². The summed E-state index contributed by atoms with van der Waals surface area (Å²) in [7, 11) is 3.10. The van der Waals surface area contributed by atoms with Crippen LogP contribution in [0.2, 0.25) is 0 Å². The van der Waals surface area contributed by atoms with Crippen LogP contribution in [0, 0.1) is 0 Å². The highest BCUT2D eigenvalue weighted by molar-refractivity contribution is 5.91. The number of hydrogen-bond donors (Lipinski definition) is 0. The van der Waals surface area contributed by atoms with E-state index in [-0.39, 0.29) is 5.97 Å². The van der Waals surface area contributed by atoms with E-state index in [0.717, 1.165) is 24.0 Å². The van der Waals surface area contributed by atoms with Gasteiger partial charge in [0.05, 0.1) is 14.2 Å². The summed E-state index contributed by atoms with van der Waals surface area (Å²) in [6.45, 7) is 0. The number of esters is 1. The molecule has 0 aliphatic carbocycles. The van der Waals surface area contributed by atoms with Gasteiger partial charge in [0.25, 0.3) is 0 Å². The average molecular weight is 258 g/mol. The molecule has 19 heavy (non-hydrogen) atoms. The summed E-state index contributed by atoms with van der Waals surface area (Å²) < 4.78 is 10.0. The van der Waals surface area contributed by atoms with Crippen LogP contribution in [0.5, 0.6) is 5.75 Å². The molecule has 0 heterocycles. The molecule has 0 fully saturated rings. The van der Waals surface area contributed by atoms with Crippen molar-refractivity contribution < 1.29 is 14.3 Å². The largest absolute Gasteiger partial charge is 0.496 e. The molecule has 2 rings (SSSR count). The van der Waals surface area contributed by atoms with Gasteiger partial charge in [0.15, 0.2) is 0 Å². The predicted molar refractivity (Wildman–Crippen MR) is 75.5 cm³/mol. The SMILES string of the molecule is COC(=O)CCCc1cccc2c(OC)cccc12. The Hall–Kier alpha value is -2.03. The lowest BCUT2D eigenvalue weighted by Crippen LogP contribution is -2.00. The molecule has 0 saturated carbocycles. The highest BCUT2D eigenvalue weighted by Gasteiger charge is 2.06. The third kappa shape index (κ3) is 3.05. The van der Waals surface area contributed by atoms with E-state index in [1.807, 2.05) is 18.2 Å². The lowest BCUT2D eigenvalue weighted by Gasteiger charge is -2.09. The molecule has 0 unspecified atom stereocenters. The summed E-state index contributed by atoms with van der Waals surface area (Å²) in [6, 6.07) is 12.2. The molecule has 0 aromatic heterocycles. The van der Waals surface area contributed by atoms with Crippen LogP contribution in [0.1, 0.15) is 18.4 Å². The fourth-order valence-corrected chi connectivity index (χ4v) is 2.27. The maximum absolute atomic E-state index is 11.1. The third-order valence-corrected chi connectivity index (χ3v) is 3.25. The summed E-state index contributed by atoms with van der Waals surface area (Å²) in [5.74, 6) is 0.727. The van der Waals surface area contributed by atoms with Crippen LogP contribution in [0.4, 0.5) is 0 Å². The normalized spacial score (nSPS) is 10.4. The van der Waals surface area contributed by atoms with Crippen LogP contribution in [0.25, 0.3) is 10.8 Å². The Morgan fingerprint density at radius 1 is 1.05 bits per heavy atom. The first-order valence-corrected chi connectivity index (χ1v) is 6.37. The van der Waals surface area contributed by atoms with Crippen molar-refractivity contribution in [1.29, 1.82) is 0 Å². The van der Waals surface area contributed by atoms with Gasteiger partial charge in [0.1, 0.15) is 5.75 Å². The minimum absolute atomic E-state index is 0.155. The van der Waals surface area contributed by atoms with Gasteiger partial charge in [-0.05, 0) is 29.9 Å². The van der Waals surface area contributed by atoms with Crippen LogP contribution in [0.3, 0.4) is 0 Å². The number of fused-ring (bicyclic) bond motifs is 1. The molecule has 0 atom stereocenters. The number of methoxy groups -OCH3 is 2. The van der Waals surface area contributed by atoms with E-state index in [9.17, 15) is 4.79 Å². The molecule has 0 N–H and O–H groups in total. The van der Waals surface area contributed by atoms with E-state index in [1.165, 1.54) is 18.1 Å². The van der Waals surface area contributed by atoms with Crippen molar-refractivity contribution >= 4 is 16.7 Å². The van der Waals surface area contributed by atoms with Gasteiger partial charge >= 0.3 is 5.97 Å². The first-order chi connectivity index (χ1) is 9.26. The van der Waals surface area contributed by atoms with E-state index >= 15 is 0 Å². The van der Waals surface area contributed by atoms with Crippen molar-refractivity contribution in [2.75, 3.05) is 14.2 Å². The number of carbonyl (C=O) groups is 1. The maximum atomic E-state index is 11.1. The molecule has 0 saturated heterocycles. The Morgan fingerprint density at radius 2 is 1.79 bits per heavy atom. The van der Waals surface area contributed by atoms with Gasteiger partial charge in [-0.2, -0.15) is 0 Å². The van der Waals surface area contributed by atoms with E-state index in [1.54, 1.807) is 7.11 Å². The molecular formula is C16H18O3. The standard InChI is InChI=1S/C16H18O3/c1-18-15-10-5-8-13-12(6-3-9-14(13)15)7-4-11-16(17)19-2/h3,5-6,8-10H,4,7,11H2,1-2H3. The van der Waals surface area contributed by atoms with Gasteiger partial charge < -0.3 is 9.47 Å². The fourth-order valence-electron chi connectivity index (χ4n) is 2.27. The third-order valence-electron chi connectivity index (χ3n) is 3.25. The summed E-state index contributed by atoms with van der Waals surface area (Å²) in [6.07, 6.45) is 2.11. The van der Waals surface area contributed by atoms with E-state index in [4.69, 9.17) is 4.74 Å². The number of ether oxygens (including phenoxy) is 2. The Labute approximate surface area is 113 Å². The Kier molecular flexibility index (Phi) is 4.39. The minimum Gasteiger partial charge on any atom is -0.496 e. The molecular weight excluding hydrogens is 240 g/mol. The van der Waals surface area contributed by atoms with E-state index < -0.39 is 0 Å². The predicted octanol–water partition coefficient (Wildman–Crippen LogP) is 3.34. The fraction of sp³-hybridized carbons (Fsp3) is 0.312. The van der Waals surface area contributed by atoms with E-state index in [2.05, 4.69) is 22.9 Å². The first-order valence-electron chi connectivity index (χ1n) is 6.37. The minimum atomic E-state index is -0.155. The summed E-state index contributed by atoms with van der Waals surface area (Å²) in [5.41, 5.74) is 1.24. The zero-order valence-electron chi connectivity index (χ0n) is 11.3. The Bertz CT molecular complexity index is 575. The molecule has 0 aliphatic heterocycles. The Balaban J connectivity index is 2.21. The molecule has 0 aliphatic rings. The average Bonchev–Trinajstić information content (AvgIpc) is 2.46. The van der Waals surface area contributed by atoms with Gasteiger partial charge in [-0.25, -0.2) is 0 Å². The Morgan fingerprint density at radius 3 is 2.53 bits per heavy atom.